The minimum absolute atomic E-state index is 0.0219. The Morgan fingerprint density at radius 2 is 2.15 bits per heavy atom. The molecule has 0 aliphatic carbocycles. The molecule has 0 aromatic carbocycles. The van der Waals surface area contributed by atoms with Crippen molar-refractivity contribution in [3.8, 4) is 0 Å². The summed E-state index contributed by atoms with van der Waals surface area (Å²) in [6.07, 6.45) is 2.72. The van der Waals surface area contributed by atoms with E-state index in [1.165, 1.54) is 0 Å². The van der Waals surface area contributed by atoms with Gasteiger partial charge in [0.2, 0.25) is 5.91 Å². The predicted molar refractivity (Wildman–Crippen MR) is 48.2 cm³/mol. The molecular formula is C9H15NO3. The summed E-state index contributed by atoms with van der Waals surface area (Å²) in [5, 5.41) is 2.63. The largest absolute Gasteiger partial charge is 0.356 e. The van der Waals surface area contributed by atoms with Crippen molar-refractivity contribution in [1.29, 1.82) is 0 Å². The third kappa shape index (κ3) is 7.18. The van der Waals surface area contributed by atoms with Gasteiger partial charge in [-0.15, -0.1) is 0 Å². The van der Waals surface area contributed by atoms with Gasteiger partial charge < -0.3 is 14.9 Å². The van der Waals surface area contributed by atoms with Crippen LogP contribution in [0.4, 0.5) is 0 Å². The second-order valence-corrected chi connectivity index (χ2v) is 2.96. The van der Waals surface area contributed by atoms with Crippen molar-refractivity contribution in [2.24, 2.45) is 5.92 Å². The van der Waals surface area contributed by atoms with Crippen LogP contribution in [-0.4, -0.2) is 25.0 Å². The lowest BCUT2D eigenvalue weighted by molar-refractivity contribution is -0.122. The molecule has 0 rings (SSSR count). The molecule has 0 fully saturated rings. The summed E-state index contributed by atoms with van der Waals surface area (Å²) in [7, 11) is 0. The molecular weight excluding hydrogens is 170 g/mol. The van der Waals surface area contributed by atoms with E-state index in [0.29, 0.717) is 19.3 Å². The number of aldehydes is 2. The number of amides is 1. The third-order valence-corrected chi connectivity index (χ3v) is 1.64. The average Bonchev–Trinajstić information content (AvgIpc) is 2.14. The number of carbonyl (C=O) groups is 3. The Hall–Kier alpha value is -1.19. The van der Waals surface area contributed by atoms with Crippen LogP contribution in [0.2, 0.25) is 0 Å². The van der Waals surface area contributed by atoms with E-state index in [2.05, 4.69) is 5.32 Å². The Bertz CT molecular complexity index is 180. The fraction of sp³-hybridized carbons (Fsp3) is 0.667. The van der Waals surface area contributed by atoms with Gasteiger partial charge in [-0.2, -0.15) is 0 Å². The normalized spacial score (nSPS) is 11.8. The van der Waals surface area contributed by atoms with Crippen molar-refractivity contribution in [2.45, 2.75) is 26.2 Å². The molecule has 0 bridgehead atoms. The van der Waals surface area contributed by atoms with E-state index in [1.807, 2.05) is 0 Å². The molecule has 1 unspecified atom stereocenters. The molecule has 1 atom stereocenters. The van der Waals surface area contributed by atoms with Crippen LogP contribution in [0.1, 0.15) is 26.2 Å². The van der Waals surface area contributed by atoms with Gasteiger partial charge in [0.05, 0.1) is 0 Å². The fourth-order valence-electron chi connectivity index (χ4n) is 0.786. The first-order valence-electron chi connectivity index (χ1n) is 4.36. The van der Waals surface area contributed by atoms with Crippen LogP contribution in [0.3, 0.4) is 0 Å². The van der Waals surface area contributed by atoms with Crippen molar-refractivity contribution < 1.29 is 14.4 Å². The quantitative estimate of drug-likeness (QED) is 0.580. The number of hydrogen-bond donors (Lipinski definition) is 1. The maximum atomic E-state index is 10.9. The Kier molecular flexibility index (Phi) is 6.78. The van der Waals surface area contributed by atoms with E-state index in [0.717, 1.165) is 6.29 Å². The van der Waals surface area contributed by atoms with Gasteiger partial charge in [-0.1, -0.05) is 6.92 Å². The molecule has 0 saturated carbocycles. The topological polar surface area (TPSA) is 63.2 Å². The van der Waals surface area contributed by atoms with Crippen molar-refractivity contribution >= 4 is 18.5 Å². The number of hydrogen-bond acceptors (Lipinski definition) is 3. The summed E-state index contributed by atoms with van der Waals surface area (Å²) < 4.78 is 0. The minimum Gasteiger partial charge on any atom is -0.356 e. The van der Waals surface area contributed by atoms with Gasteiger partial charge in [0.15, 0.2) is 0 Å². The molecule has 0 saturated heterocycles. The summed E-state index contributed by atoms with van der Waals surface area (Å²) in [5.41, 5.74) is 0. The molecule has 0 aliphatic heterocycles. The van der Waals surface area contributed by atoms with E-state index in [1.54, 1.807) is 6.92 Å². The van der Waals surface area contributed by atoms with E-state index in [-0.39, 0.29) is 24.7 Å². The van der Waals surface area contributed by atoms with Crippen LogP contribution in [0.25, 0.3) is 0 Å². The molecule has 0 radical (unpaired) electrons. The Balaban J connectivity index is 3.36. The van der Waals surface area contributed by atoms with Gasteiger partial charge in [-0.05, 0) is 6.42 Å². The molecule has 74 valence electrons. The molecule has 0 aromatic heterocycles. The highest BCUT2D eigenvalue weighted by Crippen LogP contribution is 1.94. The molecule has 1 amide bonds. The second kappa shape index (κ2) is 7.46. The second-order valence-electron chi connectivity index (χ2n) is 2.96. The van der Waals surface area contributed by atoms with Crippen molar-refractivity contribution in [1.82, 2.24) is 5.32 Å². The lowest BCUT2D eigenvalue weighted by Gasteiger charge is -2.04. The molecule has 0 heterocycles. The van der Waals surface area contributed by atoms with E-state index in [4.69, 9.17) is 0 Å². The van der Waals surface area contributed by atoms with Gasteiger partial charge in [0.1, 0.15) is 12.6 Å². The van der Waals surface area contributed by atoms with Crippen LogP contribution in [0.5, 0.6) is 0 Å². The fourth-order valence-corrected chi connectivity index (χ4v) is 0.786. The zero-order valence-electron chi connectivity index (χ0n) is 7.79. The van der Waals surface area contributed by atoms with Crippen molar-refractivity contribution in [2.75, 3.05) is 6.54 Å². The first-order valence-corrected chi connectivity index (χ1v) is 4.36. The van der Waals surface area contributed by atoms with Crippen LogP contribution < -0.4 is 5.32 Å². The standard InChI is InChI=1S/C9H15NO3/c1-8(7-12)4-5-10-9(13)3-2-6-11/h6-8H,2-5H2,1H3,(H,10,13). The number of rotatable bonds is 7. The number of nitrogens with one attached hydrogen (secondary N) is 1. The van der Waals surface area contributed by atoms with E-state index in [9.17, 15) is 14.4 Å². The van der Waals surface area contributed by atoms with Crippen LogP contribution in [0.15, 0.2) is 0 Å². The van der Waals surface area contributed by atoms with Gasteiger partial charge in [0.25, 0.3) is 0 Å². The highest BCUT2D eigenvalue weighted by molar-refractivity contribution is 5.78. The van der Waals surface area contributed by atoms with Gasteiger partial charge in [0, 0.05) is 25.3 Å². The third-order valence-electron chi connectivity index (χ3n) is 1.64. The molecule has 4 nitrogen and oxygen atoms in total. The zero-order chi connectivity index (χ0) is 10.1. The van der Waals surface area contributed by atoms with Crippen LogP contribution in [-0.2, 0) is 14.4 Å². The summed E-state index contributed by atoms with van der Waals surface area (Å²) >= 11 is 0. The summed E-state index contributed by atoms with van der Waals surface area (Å²) in [4.78, 5) is 31.0. The van der Waals surface area contributed by atoms with Crippen molar-refractivity contribution in [3.05, 3.63) is 0 Å². The predicted octanol–water partition coefficient (Wildman–Crippen LogP) is 0.307. The Morgan fingerprint density at radius 3 is 2.69 bits per heavy atom. The molecule has 4 heteroatoms. The van der Waals surface area contributed by atoms with Gasteiger partial charge in [-0.25, -0.2) is 0 Å². The molecule has 1 N–H and O–H groups in total. The molecule has 13 heavy (non-hydrogen) atoms. The van der Waals surface area contributed by atoms with Crippen LogP contribution >= 0.6 is 0 Å². The average molecular weight is 185 g/mol. The zero-order valence-corrected chi connectivity index (χ0v) is 7.79. The summed E-state index contributed by atoms with van der Waals surface area (Å²) in [5.74, 6) is -0.156. The monoisotopic (exact) mass is 185 g/mol. The Morgan fingerprint density at radius 1 is 1.46 bits per heavy atom. The maximum Gasteiger partial charge on any atom is 0.220 e. The maximum absolute atomic E-state index is 10.9. The molecule has 0 aliphatic rings. The SMILES string of the molecule is CC(C=O)CCNC(=O)CCC=O. The lowest BCUT2D eigenvalue weighted by atomic mass is 10.1. The smallest absolute Gasteiger partial charge is 0.220 e. The number of carbonyl (C=O) groups excluding carboxylic acids is 3. The highest BCUT2D eigenvalue weighted by atomic mass is 16.1. The van der Waals surface area contributed by atoms with Crippen LogP contribution in [0, 0.1) is 5.92 Å². The van der Waals surface area contributed by atoms with E-state index < -0.39 is 0 Å². The Labute approximate surface area is 77.7 Å². The minimum atomic E-state index is -0.134. The van der Waals surface area contributed by atoms with E-state index >= 15 is 0 Å². The first kappa shape index (κ1) is 11.8. The van der Waals surface area contributed by atoms with Gasteiger partial charge in [-0.3, -0.25) is 4.79 Å². The summed E-state index contributed by atoms with van der Waals surface area (Å²) in [6, 6.07) is 0. The van der Waals surface area contributed by atoms with Gasteiger partial charge >= 0.3 is 0 Å². The molecule has 0 aromatic rings. The molecule has 0 spiro atoms. The lowest BCUT2D eigenvalue weighted by Crippen LogP contribution is -2.25. The summed E-state index contributed by atoms with van der Waals surface area (Å²) in [6.45, 7) is 2.29. The first-order chi connectivity index (χ1) is 6.20. The van der Waals surface area contributed by atoms with Crippen molar-refractivity contribution in [3.63, 3.8) is 0 Å². The highest BCUT2D eigenvalue weighted by Gasteiger charge is 2.02.